The zero-order valence-electron chi connectivity index (χ0n) is 10.2. The number of rotatable bonds is 2. The Balaban J connectivity index is 2.04. The highest BCUT2D eigenvalue weighted by Gasteiger charge is 2.30. The van der Waals surface area contributed by atoms with E-state index < -0.39 is 0 Å². The number of nitrogens with zero attached hydrogens (tertiary/aromatic N) is 2. The molecular formula is C12H23N3O. The van der Waals surface area contributed by atoms with Gasteiger partial charge in [-0.3, -0.25) is 9.69 Å². The molecule has 2 heterocycles. The van der Waals surface area contributed by atoms with E-state index in [1.807, 2.05) is 0 Å². The summed E-state index contributed by atoms with van der Waals surface area (Å²) in [6, 6.07) is 0. The first-order chi connectivity index (χ1) is 7.83. The topological polar surface area (TPSA) is 35.6 Å². The molecular weight excluding hydrogens is 202 g/mol. The lowest BCUT2D eigenvalue weighted by atomic mass is 10.1. The first kappa shape index (κ1) is 11.9. The lowest BCUT2D eigenvalue weighted by Gasteiger charge is -2.41. The molecule has 16 heavy (non-hydrogen) atoms. The molecule has 2 fully saturated rings. The van der Waals surface area contributed by atoms with Crippen LogP contribution in [0.15, 0.2) is 0 Å². The van der Waals surface area contributed by atoms with Crippen molar-refractivity contribution in [2.75, 3.05) is 32.7 Å². The largest absolute Gasteiger partial charge is 0.326 e. The minimum Gasteiger partial charge on any atom is -0.326 e. The maximum atomic E-state index is 12.0. The Morgan fingerprint density at radius 3 is 3.00 bits per heavy atom. The van der Waals surface area contributed by atoms with Gasteiger partial charge < -0.3 is 10.2 Å². The maximum absolute atomic E-state index is 12.0. The Bertz CT molecular complexity index is 244. The molecule has 2 aliphatic heterocycles. The highest BCUT2D eigenvalue weighted by atomic mass is 16.2. The normalized spacial score (nSPS) is 29.2. The van der Waals surface area contributed by atoms with Crippen LogP contribution in [0.1, 0.15) is 32.6 Å². The summed E-state index contributed by atoms with van der Waals surface area (Å²) in [6.45, 7) is 6.82. The third-order valence-electron chi connectivity index (χ3n) is 3.69. The lowest BCUT2D eigenvalue weighted by Crippen LogP contribution is -2.53. The molecule has 0 spiro atoms. The summed E-state index contributed by atoms with van der Waals surface area (Å²) >= 11 is 0. The van der Waals surface area contributed by atoms with Crippen molar-refractivity contribution < 1.29 is 4.79 Å². The quantitative estimate of drug-likeness (QED) is 0.749. The highest BCUT2D eigenvalue weighted by molar-refractivity contribution is 5.78. The first-order valence-electron chi connectivity index (χ1n) is 6.57. The Kier molecular flexibility index (Phi) is 4.18. The molecule has 2 saturated heterocycles. The second-order valence-electron chi connectivity index (χ2n) is 4.72. The van der Waals surface area contributed by atoms with E-state index in [4.69, 9.17) is 0 Å². The molecule has 1 atom stereocenters. The minimum atomic E-state index is 0.280. The van der Waals surface area contributed by atoms with E-state index in [0.29, 0.717) is 12.7 Å². The molecule has 2 aliphatic rings. The van der Waals surface area contributed by atoms with Gasteiger partial charge in [0.2, 0.25) is 5.91 Å². The van der Waals surface area contributed by atoms with Crippen LogP contribution in [0.2, 0.25) is 0 Å². The molecule has 92 valence electrons. The molecule has 1 unspecified atom stereocenters. The van der Waals surface area contributed by atoms with E-state index in [2.05, 4.69) is 22.0 Å². The predicted molar refractivity (Wildman–Crippen MR) is 64.1 cm³/mol. The number of carbonyl (C=O) groups excluding carboxylic acids is 1. The van der Waals surface area contributed by atoms with Gasteiger partial charge >= 0.3 is 0 Å². The van der Waals surface area contributed by atoms with Crippen LogP contribution >= 0.6 is 0 Å². The van der Waals surface area contributed by atoms with Crippen LogP contribution in [0, 0.1) is 0 Å². The molecule has 0 aromatic heterocycles. The number of carbonyl (C=O) groups is 1. The fourth-order valence-corrected chi connectivity index (χ4v) is 2.81. The van der Waals surface area contributed by atoms with Crippen molar-refractivity contribution in [3.8, 4) is 0 Å². The van der Waals surface area contributed by atoms with Crippen LogP contribution in [0.25, 0.3) is 0 Å². The molecule has 2 rings (SSSR count). The van der Waals surface area contributed by atoms with Crippen molar-refractivity contribution in [1.29, 1.82) is 0 Å². The Morgan fingerprint density at radius 2 is 2.19 bits per heavy atom. The van der Waals surface area contributed by atoms with Crippen molar-refractivity contribution in [2.45, 2.75) is 38.8 Å². The van der Waals surface area contributed by atoms with Gasteiger partial charge in [0, 0.05) is 13.1 Å². The van der Waals surface area contributed by atoms with Crippen molar-refractivity contribution >= 4 is 5.91 Å². The van der Waals surface area contributed by atoms with Gasteiger partial charge in [-0.1, -0.05) is 6.92 Å². The third kappa shape index (κ3) is 2.55. The SMILES string of the molecule is CCN1CCCCC1N1CCCNCC1=O. The predicted octanol–water partition coefficient (Wildman–Crippen LogP) is 0.640. The van der Waals surface area contributed by atoms with Crippen LogP contribution in [-0.2, 0) is 4.79 Å². The third-order valence-corrected chi connectivity index (χ3v) is 3.69. The van der Waals surface area contributed by atoms with E-state index in [9.17, 15) is 4.79 Å². The fraction of sp³-hybridized carbons (Fsp3) is 0.917. The number of likely N-dealkylation sites (tertiary alicyclic amines) is 1. The second kappa shape index (κ2) is 5.64. The molecule has 0 radical (unpaired) electrons. The number of piperidine rings is 1. The summed E-state index contributed by atoms with van der Waals surface area (Å²) in [5.41, 5.74) is 0. The zero-order valence-corrected chi connectivity index (χ0v) is 10.2. The van der Waals surface area contributed by atoms with E-state index in [1.54, 1.807) is 0 Å². The van der Waals surface area contributed by atoms with Crippen LogP contribution in [0.3, 0.4) is 0 Å². The van der Waals surface area contributed by atoms with E-state index in [-0.39, 0.29) is 5.91 Å². The van der Waals surface area contributed by atoms with E-state index >= 15 is 0 Å². The van der Waals surface area contributed by atoms with Gasteiger partial charge in [-0.15, -0.1) is 0 Å². The molecule has 0 bridgehead atoms. The summed E-state index contributed by atoms with van der Waals surface area (Å²) in [5.74, 6) is 0.280. The van der Waals surface area contributed by atoms with Gasteiger partial charge in [0.1, 0.15) is 0 Å². The van der Waals surface area contributed by atoms with Crippen molar-refractivity contribution in [3.05, 3.63) is 0 Å². The summed E-state index contributed by atoms with van der Waals surface area (Å²) in [7, 11) is 0. The molecule has 1 N–H and O–H groups in total. The van der Waals surface area contributed by atoms with Crippen LogP contribution in [0.4, 0.5) is 0 Å². The highest BCUT2D eigenvalue weighted by Crippen LogP contribution is 2.20. The molecule has 0 aromatic carbocycles. The van der Waals surface area contributed by atoms with Gasteiger partial charge in [-0.05, 0) is 38.8 Å². The first-order valence-corrected chi connectivity index (χ1v) is 6.57. The monoisotopic (exact) mass is 225 g/mol. The van der Waals surface area contributed by atoms with Crippen molar-refractivity contribution in [1.82, 2.24) is 15.1 Å². The molecule has 4 heteroatoms. The fourth-order valence-electron chi connectivity index (χ4n) is 2.81. The van der Waals surface area contributed by atoms with Crippen LogP contribution < -0.4 is 5.32 Å². The smallest absolute Gasteiger partial charge is 0.237 e. The number of amides is 1. The molecule has 4 nitrogen and oxygen atoms in total. The Hall–Kier alpha value is -0.610. The van der Waals surface area contributed by atoms with Crippen LogP contribution in [-0.4, -0.2) is 54.6 Å². The molecule has 0 aromatic rings. The standard InChI is InChI=1S/C12H23N3O/c1-2-14-8-4-3-6-11(14)15-9-5-7-13-10-12(15)16/h11,13H,2-10H2,1H3. The van der Waals surface area contributed by atoms with Crippen molar-refractivity contribution in [2.24, 2.45) is 0 Å². The van der Waals surface area contributed by atoms with E-state index in [1.165, 1.54) is 12.8 Å². The Labute approximate surface area is 98.0 Å². The van der Waals surface area contributed by atoms with E-state index in [0.717, 1.165) is 39.0 Å². The number of hydrogen-bond donors (Lipinski definition) is 1. The van der Waals surface area contributed by atoms with Gasteiger partial charge in [0.05, 0.1) is 12.7 Å². The summed E-state index contributed by atoms with van der Waals surface area (Å²) in [5, 5.41) is 3.19. The molecule has 1 amide bonds. The van der Waals surface area contributed by atoms with Gasteiger partial charge in [0.15, 0.2) is 0 Å². The summed E-state index contributed by atoms with van der Waals surface area (Å²) in [6.07, 6.45) is 5.15. The minimum absolute atomic E-state index is 0.280. The van der Waals surface area contributed by atoms with Crippen molar-refractivity contribution in [3.63, 3.8) is 0 Å². The molecule has 0 aliphatic carbocycles. The van der Waals surface area contributed by atoms with Crippen LogP contribution in [0.5, 0.6) is 0 Å². The number of hydrogen-bond acceptors (Lipinski definition) is 3. The lowest BCUT2D eigenvalue weighted by molar-refractivity contribution is -0.137. The van der Waals surface area contributed by atoms with Gasteiger partial charge in [0.25, 0.3) is 0 Å². The second-order valence-corrected chi connectivity index (χ2v) is 4.72. The number of nitrogens with one attached hydrogen (secondary N) is 1. The van der Waals surface area contributed by atoms with Gasteiger partial charge in [-0.2, -0.15) is 0 Å². The summed E-state index contributed by atoms with van der Waals surface area (Å²) < 4.78 is 0. The zero-order chi connectivity index (χ0) is 11.4. The molecule has 0 saturated carbocycles. The Morgan fingerprint density at radius 1 is 1.31 bits per heavy atom. The summed E-state index contributed by atoms with van der Waals surface area (Å²) in [4.78, 5) is 16.6. The van der Waals surface area contributed by atoms with Gasteiger partial charge in [-0.25, -0.2) is 0 Å². The average Bonchev–Trinajstić information content (AvgIpc) is 2.54. The maximum Gasteiger partial charge on any atom is 0.237 e. The average molecular weight is 225 g/mol.